The predicted molar refractivity (Wildman–Crippen MR) is 115 cm³/mol. The van der Waals surface area contributed by atoms with Gasteiger partial charge in [-0.05, 0) is 48.7 Å². The van der Waals surface area contributed by atoms with E-state index in [0.29, 0.717) is 5.69 Å². The minimum atomic E-state index is -3.89. The molecule has 0 saturated heterocycles. The molecule has 1 atom stereocenters. The lowest BCUT2D eigenvalue weighted by molar-refractivity contribution is -0.120. The molecule has 3 aromatic carbocycles. The van der Waals surface area contributed by atoms with Crippen molar-refractivity contribution in [3.05, 3.63) is 89.5 Å². The Morgan fingerprint density at radius 2 is 1.70 bits per heavy atom. The number of sulfonamides is 1. The summed E-state index contributed by atoms with van der Waals surface area (Å²) in [6.45, 7) is 2.00. The first kappa shape index (κ1) is 20.1. The Labute approximate surface area is 175 Å². The molecule has 7 heteroatoms. The minimum Gasteiger partial charge on any atom is -0.508 e. The van der Waals surface area contributed by atoms with E-state index in [0.717, 1.165) is 16.7 Å². The van der Waals surface area contributed by atoms with Gasteiger partial charge in [-0.15, -0.1) is 0 Å². The van der Waals surface area contributed by atoms with Gasteiger partial charge in [0.05, 0.1) is 4.90 Å². The van der Waals surface area contributed by atoms with E-state index in [1.54, 1.807) is 36.4 Å². The quantitative estimate of drug-likeness (QED) is 0.674. The van der Waals surface area contributed by atoms with Gasteiger partial charge in [0, 0.05) is 18.3 Å². The lowest BCUT2D eigenvalue weighted by atomic mass is 9.95. The number of nitrogens with zero attached hydrogens (tertiary/aromatic N) is 1. The molecule has 1 heterocycles. The van der Waals surface area contributed by atoms with Crippen LogP contribution < -0.4 is 5.32 Å². The summed E-state index contributed by atoms with van der Waals surface area (Å²) in [5, 5.41) is 12.4. The molecular formula is C23H22N2O4S. The fourth-order valence-corrected chi connectivity index (χ4v) is 5.20. The van der Waals surface area contributed by atoms with Gasteiger partial charge in [-0.1, -0.05) is 48.0 Å². The molecule has 3 aromatic rings. The highest BCUT2D eigenvalue weighted by Crippen LogP contribution is 2.30. The number of aromatic hydroxyl groups is 1. The summed E-state index contributed by atoms with van der Waals surface area (Å²) in [7, 11) is -3.89. The van der Waals surface area contributed by atoms with Gasteiger partial charge in [-0.2, -0.15) is 4.31 Å². The molecule has 0 radical (unpaired) electrons. The topological polar surface area (TPSA) is 86.7 Å². The van der Waals surface area contributed by atoms with Crippen LogP contribution in [0, 0.1) is 6.92 Å². The number of anilines is 1. The van der Waals surface area contributed by atoms with Gasteiger partial charge in [0.25, 0.3) is 0 Å². The molecule has 4 rings (SSSR count). The number of hydrogen-bond acceptors (Lipinski definition) is 4. The van der Waals surface area contributed by atoms with Crippen molar-refractivity contribution in [3.63, 3.8) is 0 Å². The van der Waals surface area contributed by atoms with Crippen LogP contribution in [0.3, 0.4) is 0 Å². The predicted octanol–water partition coefficient (Wildman–Crippen LogP) is 3.45. The zero-order valence-electron chi connectivity index (χ0n) is 16.4. The van der Waals surface area contributed by atoms with Crippen LogP contribution in [0.2, 0.25) is 0 Å². The number of phenolic OH excluding ortho intramolecular Hbond substituents is 1. The third kappa shape index (κ3) is 3.94. The molecule has 0 fully saturated rings. The zero-order valence-corrected chi connectivity index (χ0v) is 17.3. The first-order valence-electron chi connectivity index (χ1n) is 9.60. The van der Waals surface area contributed by atoms with E-state index in [1.807, 2.05) is 31.2 Å². The second kappa shape index (κ2) is 7.93. The second-order valence-electron chi connectivity index (χ2n) is 7.39. The molecule has 0 aliphatic carbocycles. The summed E-state index contributed by atoms with van der Waals surface area (Å²) in [6.07, 6.45) is 0.270. The summed E-state index contributed by atoms with van der Waals surface area (Å²) in [5.74, 6) is -0.420. The SMILES string of the molecule is Cc1ccc(S(=O)(=O)N2Cc3ccccc3C[C@H]2C(=O)Nc2cccc(O)c2)cc1. The van der Waals surface area contributed by atoms with Crippen molar-refractivity contribution < 1.29 is 18.3 Å². The largest absolute Gasteiger partial charge is 0.508 e. The third-order valence-electron chi connectivity index (χ3n) is 5.25. The van der Waals surface area contributed by atoms with E-state index in [-0.39, 0.29) is 23.6 Å². The van der Waals surface area contributed by atoms with E-state index in [2.05, 4.69) is 5.32 Å². The van der Waals surface area contributed by atoms with Crippen LogP contribution in [-0.4, -0.2) is 29.8 Å². The molecule has 1 aliphatic rings. The second-order valence-corrected chi connectivity index (χ2v) is 9.28. The van der Waals surface area contributed by atoms with Crippen LogP contribution in [0.25, 0.3) is 0 Å². The Morgan fingerprint density at radius 1 is 1.00 bits per heavy atom. The van der Waals surface area contributed by atoms with Gasteiger partial charge < -0.3 is 10.4 Å². The molecule has 1 aliphatic heterocycles. The molecule has 6 nitrogen and oxygen atoms in total. The maximum atomic E-state index is 13.4. The summed E-state index contributed by atoms with van der Waals surface area (Å²) in [6, 6.07) is 19.4. The van der Waals surface area contributed by atoms with Gasteiger partial charge in [-0.3, -0.25) is 4.79 Å². The number of benzene rings is 3. The highest BCUT2D eigenvalue weighted by atomic mass is 32.2. The Balaban J connectivity index is 1.71. The van der Waals surface area contributed by atoms with Crippen molar-refractivity contribution in [2.75, 3.05) is 5.32 Å². The van der Waals surface area contributed by atoms with Crippen molar-refractivity contribution in [1.29, 1.82) is 0 Å². The van der Waals surface area contributed by atoms with Gasteiger partial charge in [-0.25, -0.2) is 8.42 Å². The number of carbonyl (C=O) groups excluding carboxylic acids is 1. The Kier molecular flexibility index (Phi) is 5.32. The van der Waals surface area contributed by atoms with Crippen LogP contribution in [0.1, 0.15) is 16.7 Å². The molecule has 0 saturated carbocycles. The van der Waals surface area contributed by atoms with E-state index in [9.17, 15) is 18.3 Å². The van der Waals surface area contributed by atoms with Crippen LogP contribution in [0.5, 0.6) is 5.75 Å². The number of aryl methyl sites for hydroxylation is 1. The molecule has 30 heavy (non-hydrogen) atoms. The molecule has 0 unspecified atom stereocenters. The number of rotatable bonds is 4. The number of hydrogen-bond donors (Lipinski definition) is 2. The first-order chi connectivity index (χ1) is 14.3. The molecule has 1 amide bonds. The maximum absolute atomic E-state index is 13.4. The summed E-state index contributed by atoms with van der Waals surface area (Å²) >= 11 is 0. The van der Waals surface area contributed by atoms with Crippen LogP contribution >= 0.6 is 0 Å². The van der Waals surface area contributed by atoms with Crippen molar-refractivity contribution in [3.8, 4) is 5.75 Å². The van der Waals surface area contributed by atoms with Crippen LogP contribution in [-0.2, 0) is 27.8 Å². The van der Waals surface area contributed by atoms with E-state index >= 15 is 0 Å². The highest BCUT2D eigenvalue weighted by Gasteiger charge is 2.39. The van der Waals surface area contributed by atoms with Crippen LogP contribution in [0.15, 0.2) is 77.7 Å². The molecular weight excluding hydrogens is 400 g/mol. The van der Waals surface area contributed by atoms with Gasteiger partial charge in [0.1, 0.15) is 11.8 Å². The van der Waals surface area contributed by atoms with Gasteiger partial charge in [0.2, 0.25) is 15.9 Å². The lowest BCUT2D eigenvalue weighted by Crippen LogP contribution is -2.50. The number of carbonyl (C=O) groups is 1. The molecule has 154 valence electrons. The standard InChI is InChI=1S/C23H22N2O4S/c1-16-9-11-21(12-10-16)30(28,29)25-15-18-6-3-2-5-17(18)13-22(25)23(27)24-19-7-4-8-20(26)14-19/h2-12,14,22,26H,13,15H2,1H3,(H,24,27)/t22-/m0/s1. The lowest BCUT2D eigenvalue weighted by Gasteiger charge is -2.35. The van der Waals surface area contributed by atoms with Crippen molar-refractivity contribution in [1.82, 2.24) is 4.31 Å². The smallest absolute Gasteiger partial charge is 0.244 e. The highest BCUT2D eigenvalue weighted by molar-refractivity contribution is 7.89. The van der Waals surface area contributed by atoms with Crippen molar-refractivity contribution in [2.24, 2.45) is 0 Å². The van der Waals surface area contributed by atoms with Gasteiger partial charge in [0.15, 0.2) is 0 Å². The molecule has 0 spiro atoms. The normalized spacial score (nSPS) is 16.6. The minimum absolute atomic E-state index is 0.0194. The van der Waals surface area contributed by atoms with E-state index in [1.165, 1.54) is 16.4 Å². The summed E-state index contributed by atoms with van der Waals surface area (Å²) in [4.78, 5) is 13.3. The number of amides is 1. The monoisotopic (exact) mass is 422 g/mol. The fourth-order valence-electron chi connectivity index (χ4n) is 3.63. The molecule has 0 aromatic heterocycles. The Bertz CT molecular complexity index is 1190. The average Bonchev–Trinajstić information content (AvgIpc) is 2.73. The number of phenols is 1. The van der Waals surface area contributed by atoms with Crippen molar-refractivity contribution in [2.45, 2.75) is 30.8 Å². The Hall–Kier alpha value is -3.16. The van der Waals surface area contributed by atoms with Gasteiger partial charge >= 0.3 is 0 Å². The van der Waals surface area contributed by atoms with E-state index in [4.69, 9.17) is 0 Å². The average molecular weight is 423 g/mol. The molecule has 2 N–H and O–H groups in total. The molecule has 0 bridgehead atoms. The summed E-state index contributed by atoms with van der Waals surface area (Å²) in [5.41, 5.74) is 3.20. The maximum Gasteiger partial charge on any atom is 0.244 e. The number of fused-ring (bicyclic) bond motifs is 1. The third-order valence-corrected chi connectivity index (χ3v) is 7.12. The first-order valence-corrected chi connectivity index (χ1v) is 11.0. The Morgan fingerprint density at radius 3 is 2.40 bits per heavy atom. The number of nitrogens with one attached hydrogen (secondary N) is 1. The zero-order chi connectivity index (χ0) is 21.3. The summed E-state index contributed by atoms with van der Waals surface area (Å²) < 4.78 is 28.1. The van der Waals surface area contributed by atoms with Crippen molar-refractivity contribution >= 4 is 21.6 Å². The fraction of sp³-hybridized carbons (Fsp3) is 0.174. The van der Waals surface area contributed by atoms with E-state index < -0.39 is 22.0 Å². The van der Waals surface area contributed by atoms with Crippen LogP contribution in [0.4, 0.5) is 5.69 Å².